The first-order valence-corrected chi connectivity index (χ1v) is 9.18. The Labute approximate surface area is 142 Å². The predicted octanol–water partition coefficient (Wildman–Crippen LogP) is 1.91. The summed E-state index contributed by atoms with van der Waals surface area (Å²) in [5.41, 5.74) is -0.0145. The molecular weight excluding hydrogens is 312 g/mol. The molecular formula is C16H26N4O2S. The molecule has 0 N–H and O–H groups in total. The Hall–Kier alpha value is -1.21. The third-order valence-electron chi connectivity index (χ3n) is 4.52. The molecule has 1 amide bonds. The van der Waals surface area contributed by atoms with Gasteiger partial charge in [0.15, 0.2) is 0 Å². The molecule has 0 bridgehead atoms. The number of anilines is 1. The molecule has 0 atom stereocenters. The summed E-state index contributed by atoms with van der Waals surface area (Å²) in [5, 5.41) is 0.993. The van der Waals surface area contributed by atoms with Crippen LogP contribution in [0.4, 0.5) is 5.13 Å². The van der Waals surface area contributed by atoms with E-state index in [1.807, 2.05) is 4.90 Å². The maximum atomic E-state index is 12.6. The van der Waals surface area contributed by atoms with Gasteiger partial charge in [-0.15, -0.1) is 0 Å². The molecule has 0 unspecified atom stereocenters. The number of carbonyl (C=O) groups excluding carboxylic acids is 1. The van der Waals surface area contributed by atoms with Gasteiger partial charge in [-0.05, 0) is 12.8 Å². The number of morpholine rings is 1. The van der Waals surface area contributed by atoms with Gasteiger partial charge in [-0.1, -0.05) is 20.8 Å². The lowest BCUT2D eigenvalue weighted by Gasteiger charge is -2.35. The fourth-order valence-electron chi connectivity index (χ4n) is 3.01. The summed E-state index contributed by atoms with van der Waals surface area (Å²) in [6, 6.07) is 0. The molecule has 3 heterocycles. The third-order valence-corrected chi connectivity index (χ3v) is 5.30. The van der Waals surface area contributed by atoms with Gasteiger partial charge in [0.05, 0.1) is 13.2 Å². The standard InChI is InChI=1S/C16H26N4O2S/c1-16(2,3)14-17-15(23-18-14)20-6-4-12(5-7-20)13(21)19-8-10-22-11-9-19/h12H,4-11H2,1-3H3. The van der Waals surface area contributed by atoms with Gasteiger partial charge in [0.1, 0.15) is 5.82 Å². The molecule has 0 spiro atoms. The first kappa shape index (κ1) is 16.6. The van der Waals surface area contributed by atoms with Gasteiger partial charge >= 0.3 is 0 Å². The van der Waals surface area contributed by atoms with Gasteiger partial charge in [0.2, 0.25) is 11.0 Å². The maximum absolute atomic E-state index is 12.6. The van der Waals surface area contributed by atoms with E-state index in [1.54, 1.807) is 0 Å². The second kappa shape index (κ2) is 6.73. The number of rotatable bonds is 2. The van der Waals surface area contributed by atoms with Crippen LogP contribution in [-0.4, -0.2) is 59.6 Å². The Morgan fingerprint density at radius 2 is 1.83 bits per heavy atom. The molecule has 2 aliphatic rings. The molecule has 1 aromatic heterocycles. The van der Waals surface area contributed by atoms with Gasteiger partial charge in [-0.2, -0.15) is 4.37 Å². The third kappa shape index (κ3) is 3.83. The van der Waals surface area contributed by atoms with E-state index in [-0.39, 0.29) is 11.3 Å². The van der Waals surface area contributed by atoms with Gasteiger partial charge in [0, 0.05) is 49.0 Å². The van der Waals surface area contributed by atoms with Crippen molar-refractivity contribution in [2.24, 2.45) is 5.92 Å². The van der Waals surface area contributed by atoms with E-state index in [4.69, 9.17) is 4.74 Å². The highest BCUT2D eigenvalue weighted by atomic mass is 32.1. The van der Waals surface area contributed by atoms with Crippen LogP contribution in [0.2, 0.25) is 0 Å². The number of hydrogen-bond acceptors (Lipinski definition) is 6. The second-order valence-electron chi connectivity index (χ2n) is 7.35. The molecule has 128 valence electrons. The lowest BCUT2D eigenvalue weighted by atomic mass is 9.95. The molecule has 7 heteroatoms. The molecule has 2 aliphatic heterocycles. The Balaban J connectivity index is 1.55. The van der Waals surface area contributed by atoms with Crippen molar-refractivity contribution in [2.75, 3.05) is 44.3 Å². The number of piperidine rings is 1. The molecule has 2 saturated heterocycles. The highest BCUT2D eigenvalue weighted by molar-refractivity contribution is 7.09. The van der Waals surface area contributed by atoms with Crippen molar-refractivity contribution < 1.29 is 9.53 Å². The predicted molar refractivity (Wildman–Crippen MR) is 90.9 cm³/mol. The van der Waals surface area contributed by atoms with E-state index < -0.39 is 0 Å². The van der Waals surface area contributed by atoms with Gasteiger partial charge in [-0.25, -0.2) is 4.98 Å². The quantitative estimate of drug-likeness (QED) is 0.824. The number of aromatic nitrogens is 2. The van der Waals surface area contributed by atoms with Crippen LogP contribution in [0.3, 0.4) is 0 Å². The molecule has 23 heavy (non-hydrogen) atoms. The van der Waals surface area contributed by atoms with Crippen LogP contribution < -0.4 is 4.90 Å². The number of hydrogen-bond donors (Lipinski definition) is 0. The van der Waals surface area contributed by atoms with E-state index in [9.17, 15) is 4.79 Å². The van der Waals surface area contributed by atoms with Crippen LogP contribution in [-0.2, 0) is 14.9 Å². The molecule has 0 saturated carbocycles. The lowest BCUT2D eigenvalue weighted by Crippen LogP contribution is -2.46. The van der Waals surface area contributed by atoms with Crippen LogP contribution in [0.1, 0.15) is 39.4 Å². The molecule has 0 radical (unpaired) electrons. The summed E-state index contributed by atoms with van der Waals surface area (Å²) in [4.78, 5) is 21.5. The van der Waals surface area contributed by atoms with Crippen LogP contribution >= 0.6 is 11.5 Å². The normalized spacial score (nSPS) is 20.8. The van der Waals surface area contributed by atoms with E-state index >= 15 is 0 Å². The lowest BCUT2D eigenvalue weighted by molar-refractivity contribution is -0.140. The van der Waals surface area contributed by atoms with Crippen molar-refractivity contribution in [1.82, 2.24) is 14.3 Å². The summed E-state index contributed by atoms with van der Waals surface area (Å²) < 4.78 is 9.82. The first-order chi connectivity index (χ1) is 10.9. The molecule has 3 rings (SSSR count). The minimum Gasteiger partial charge on any atom is -0.378 e. The van der Waals surface area contributed by atoms with Crippen molar-refractivity contribution in [3.8, 4) is 0 Å². The van der Waals surface area contributed by atoms with Crippen LogP contribution in [0.5, 0.6) is 0 Å². The highest BCUT2D eigenvalue weighted by Gasteiger charge is 2.31. The molecule has 6 nitrogen and oxygen atoms in total. The Kier molecular flexibility index (Phi) is 4.87. The van der Waals surface area contributed by atoms with E-state index in [1.165, 1.54) is 11.5 Å². The van der Waals surface area contributed by atoms with Gasteiger partial charge in [-0.3, -0.25) is 4.79 Å². The largest absolute Gasteiger partial charge is 0.378 e. The van der Waals surface area contributed by atoms with Crippen molar-refractivity contribution in [1.29, 1.82) is 0 Å². The molecule has 1 aromatic rings. The SMILES string of the molecule is CC(C)(C)c1nsc(N2CCC(C(=O)N3CCOCC3)CC2)n1. The monoisotopic (exact) mass is 338 g/mol. The first-order valence-electron chi connectivity index (χ1n) is 8.41. The smallest absolute Gasteiger partial charge is 0.225 e. The fourth-order valence-corrected chi connectivity index (χ4v) is 3.92. The van der Waals surface area contributed by atoms with Gasteiger partial charge < -0.3 is 14.5 Å². The summed E-state index contributed by atoms with van der Waals surface area (Å²) >= 11 is 1.47. The fraction of sp³-hybridized carbons (Fsp3) is 0.812. The van der Waals surface area contributed by atoms with Crippen LogP contribution in [0.25, 0.3) is 0 Å². The number of carbonyl (C=O) groups is 1. The number of ether oxygens (including phenoxy) is 1. The Morgan fingerprint density at radius 3 is 2.39 bits per heavy atom. The highest BCUT2D eigenvalue weighted by Crippen LogP contribution is 2.29. The van der Waals surface area contributed by atoms with Crippen molar-refractivity contribution in [2.45, 2.75) is 39.0 Å². The minimum absolute atomic E-state index is 0.0145. The van der Waals surface area contributed by atoms with E-state index in [0.717, 1.165) is 50.0 Å². The zero-order valence-electron chi connectivity index (χ0n) is 14.2. The maximum Gasteiger partial charge on any atom is 0.225 e. The number of nitrogens with zero attached hydrogens (tertiary/aromatic N) is 4. The van der Waals surface area contributed by atoms with E-state index in [2.05, 4.69) is 35.0 Å². The van der Waals surface area contributed by atoms with Crippen molar-refractivity contribution >= 4 is 22.6 Å². The Morgan fingerprint density at radius 1 is 1.17 bits per heavy atom. The molecule has 2 fully saturated rings. The summed E-state index contributed by atoms with van der Waals surface area (Å²) in [6.07, 6.45) is 1.81. The molecule has 0 aromatic carbocycles. The minimum atomic E-state index is -0.0145. The summed E-state index contributed by atoms with van der Waals surface area (Å²) in [7, 11) is 0. The van der Waals surface area contributed by atoms with Gasteiger partial charge in [0.25, 0.3) is 0 Å². The molecule has 0 aliphatic carbocycles. The van der Waals surface area contributed by atoms with Crippen LogP contribution in [0.15, 0.2) is 0 Å². The van der Waals surface area contributed by atoms with Crippen LogP contribution in [0, 0.1) is 5.92 Å². The average molecular weight is 338 g/mol. The van der Waals surface area contributed by atoms with E-state index in [0.29, 0.717) is 19.1 Å². The number of amides is 1. The zero-order chi connectivity index (χ0) is 16.4. The second-order valence-corrected chi connectivity index (χ2v) is 8.08. The topological polar surface area (TPSA) is 58.6 Å². The zero-order valence-corrected chi connectivity index (χ0v) is 15.1. The van der Waals surface area contributed by atoms with Crippen molar-refractivity contribution in [3.63, 3.8) is 0 Å². The summed E-state index contributed by atoms with van der Waals surface area (Å²) in [5.74, 6) is 1.36. The Bertz CT molecular complexity index is 541. The summed E-state index contributed by atoms with van der Waals surface area (Å²) in [6.45, 7) is 11.0. The van der Waals surface area contributed by atoms with Crippen molar-refractivity contribution in [3.05, 3.63) is 5.82 Å². The average Bonchev–Trinajstić information content (AvgIpc) is 3.05.